The second-order valence-electron chi connectivity index (χ2n) is 5.18. The second kappa shape index (κ2) is 6.78. The summed E-state index contributed by atoms with van der Waals surface area (Å²) >= 11 is 0. The van der Waals surface area contributed by atoms with Crippen molar-refractivity contribution >= 4 is 23.3 Å². The molecule has 0 radical (unpaired) electrons. The van der Waals surface area contributed by atoms with Gasteiger partial charge in [-0.25, -0.2) is 0 Å². The number of hydrogen-bond acceptors (Lipinski definition) is 3. The largest absolute Gasteiger partial charge is 0.321 e. The highest BCUT2D eigenvalue weighted by Gasteiger charge is 2.15. The Balaban J connectivity index is 1.73. The van der Waals surface area contributed by atoms with E-state index in [2.05, 4.69) is 15.7 Å². The van der Waals surface area contributed by atoms with Gasteiger partial charge < -0.3 is 10.6 Å². The first-order valence-electron chi connectivity index (χ1n) is 7.40. The molecule has 3 aromatic rings. The van der Waals surface area contributed by atoms with Gasteiger partial charge in [-0.05, 0) is 24.3 Å². The number of aryl methyl sites for hydroxylation is 1. The molecule has 1 heterocycles. The van der Waals surface area contributed by atoms with Gasteiger partial charge in [-0.2, -0.15) is 5.10 Å². The van der Waals surface area contributed by atoms with Crippen LogP contribution >= 0.6 is 0 Å². The van der Waals surface area contributed by atoms with Crippen molar-refractivity contribution in [2.75, 3.05) is 10.6 Å². The Kier molecular flexibility index (Phi) is 4.38. The van der Waals surface area contributed by atoms with E-state index >= 15 is 0 Å². The fourth-order valence-corrected chi connectivity index (χ4v) is 2.19. The average molecular weight is 320 g/mol. The molecule has 0 fully saturated rings. The molecule has 0 saturated heterocycles. The van der Waals surface area contributed by atoms with Gasteiger partial charge in [0.15, 0.2) is 5.69 Å². The minimum Gasteiger partial charge on any atom is -0.321 e. The van der Waals surface area contributed by atoms with Crippen molar-refractivity contribution in [1.82, 2.24) is 9.78 Å². The zero-order chi connectivity index (χ0) is 16.9. The van der Waals surface area contributed by atoms with E-state index in [0.717, 1.165) is 0 Å². The van der Waals surface area contributed by atoms with E-state index in [-0.39, 0.29) is 17.5 Å². The van der Waals surface area contributed by atoms with E-state index in [0.29, 0.717) is 17.1 Å². The Bertz CT molecular complexity index is 857. The van der Waals surface area contributed by atoms with Gasteiger partial charge in [0.25, 0.3) is 11.8 Å². The van der Waals surface area contributed by atoms with Crippen LogP contribution in [0.15, 0.2) is 66.7 Å². The Morgan fingerprint density at radius 2 is 1.50 bits per heavy atom. The number of hydrogen-bond donors (Lipinski definition) is 2. The summed E-state index contributed by atoms with van der Waals surface area (Å²) in [5, 5.41) is 9.65. The topological polar surface area (TPSA) is 76.0 Å². The predicted octanol–water partition coefficient (Wildman–Crippen LogP) is 2.92. The van der Waals surface area contributed by atoms with Gasteiger partial charge in [0, 0.05) is 24.4 Å². The molecule has 2 N–H and O–H groups in total. The second-order valence-corrected chi connectivity index (χ2v) is 5.18. The summed E-state index contributed by atoms with van der Waals surface area (Å²) < 4.78 is 1.46. The Labute approximate surface area is 139 Å². The molecule has 3 rings (SSSR count). The molecule has 0 saturated carbocycles. The van der Waals surface area contributed by atoms with E-state index in [4.69, 9.17) is 0 Å². The standard InChI is InChI=1S/C18H16N4O2/c1-22-16(20-17(23)13-8-4-2-5-9-13)12-15(21-22)18(24)19-14-10-6-3-7-11-14/h2-12H,1H3,(H,19,24)(H,20,23). The molecule has 1 aromatic heterocycles. The van der Waals surface area contributed by atoms with Gasteiger partial charge in [-0.15, -0.1) is 0 Å². The van der Waals surface area contributed by atoms with Crippen molar-refractivity contribution in [3.05, 3.63) is 78.0 Å². The summed E-state index contributed by atoms with van der Waals surface area (Å²) in [5.41, 5.74) is 1.45. The fourth-order valence-electron chi connectivity index (χ4n) is 2.19. The first-order chi connectivity index (χ1) is 11.6. The quantitative estimate of drug-likeness (QED) is 0.776. The number of aromatic nitrogens is 2. The number of benzene rings is 2. The maximum absolute atomic E-state index is 12.2. The van der Waals surface area contributed by atoms with E-state index in [1.54, 1.807) is 49.5 Å². The van der Waals surface area contributed by atoms with E-state index in [1.807, 2.05) is 24.3 Å². The summed E-state index contributed by atoms with van der Waals surface area (Å²) in [6, 6.07) is 19.5. The third-order valence-electron chi connectivity index (χ3n) is 3.42. The zero-order valence-corrected chi connectivity index (χ0v) is 13.1. The van der Waals surface area contributed by atoms with Crippen LogP contribution in [0.3, 0.4) is 0 Å². The number of nitrogens with one attached hydrogen (secondary N) is 2. The third kappa shape index (κ3) is 3.49. The summed E-state index contributed by atoms with van der Waals surface area (Å²) in [5.74, 6) is -0.146. The van der Waals surface area contributed by atoms with Crippen molar-refractivity contribution < 1.29 is 9.59 Å². The first-order valence-corrected chi connectivity index (χ1v) is 7.40. The number of carbonyl (C=O) groups is 2. The molecule has 0 aliphatic rings. The lowest BCUT2D eigenvalue weighted by Gasteiger charge is -2.04. The van der Waals surface area contributed by atoms with Crippen molar-refractivity contribution in [2.24, 2.45) is 7.05 Å². The van der Waals surface area contributed by atoms with Crippen LogP contribution in [0.1, 0.15) is 20.8 Å². The van der Waals surface area contributed by atoms with Gasteiger partial charge in [-0.3, -0.25) is 14.3 Å². The molecule has 2 aromatic carbocycles. The molecule has 0 unspecified atom stereocenters. The summed E-state index contributed by atoms with van der Waals surface area (Å²) in [6.45, 7) is 0. The lowest BCUT2D eigenvalue weighted by Crippen LogP contribution is -2.14. The number of anilines is 2. The molecule has 0 aliphatic carbocycles. The smallest absolute Gasteiger partial charge is 0.276 e. The fraction of sp³-hybridized carbons (Fsp3) is 0.0556. The highest BCUT2D eigenvalue weighted by molar-refractivity contribution is 6.06. The molecule has 0 bridgehead atoms. The molecule has 120 valence electrons. The lowest BCUT2D eigenvalue weighted by atomic mass is 10.2. The Hall–Kier alpha value is -3.41. The predicted molar refractivity (Wildman–Crippen MR) is 92.0 cm³/mol. The minimum absolute atomic E-state index is 0.227. The highest BCUT2D eigenvalue weighted by atomic mass is 16.2. The normalized spacial score (nSPS) is 10.2. The lowest BCUT2D eigenvalue weighted by molar-refractivity contribution is 0.101. The molecule has 0 spiro atoms. The van der Waals surface area contributed by atoms with Crippen molar-refractivity contribution in [2.45, 2.75) is 0 Å². The van der Waals surface area contributed by atoms with Crippen LogP contribution in [0.5, 0.6) is 0 Å². The maximum atomic E-state index is 12.2. The monoisotopic (exact) mass is 320 g/mol. The Morgan fingerprint density at radius 3 is 2.17 bits per heavy atom. The third-order valence-corrected chi connectivity index (χ3v) is 3.42. The van der Waals surface area contributed by atoms with Crippen molar-refractivity contribution in [1.29, 1.82) is 0 Å². The number of carbonyl (C=O) groups excluding carboxylic acids is 2. The summed E-state index contributed by atoms with van der Waals surface area (Å²) in [7, 11) is 1.67. The van der Waals surface area contributed by atoms with Crippen LogP contribution in [0, 0.1) is 0 Å². The maximum Gasteiger partial charge on any atom is 0.276 e. The molecule has 24 heavy (non-hydrogen) atoms. The number of nitrogens with zero attached hydrogens (tertiary/aromatic N) is 2. The van der Waals surface area contributed by atoms with Crippen LogP contribution in [0.25, 0.3) is 0 Å². The van der Waals surface area contributed by atoms with Gasteiger partial charge in [0.2, 0.25) is 0 Å². The zero-order valence-electron chi connectivity index (χ0n) is 13.1. The Morgan fingerprint density at radius 1 is 0.875 bits per heavy atom. The van der Waals surface area contributed by atoms with Crippen LogP contribution in [0.4, 0.5) is 11.5 Å². The average Bonchev–Trinajstić information content (AvgIpc) is 2.97. The van der Waals surface area contributed by atoms with Gasteiger partial charge in [0.1, 0.15) is 5.82 Å². The number of amides is 2. The van der Waals surface area contributed by atoms with Gasteiger partial charge in [0.05, 0.1) is 0 Å². The molecule has 2 amide bonds. The van der Waals surface area contributed by atoms with E-state index in [9.17, 15) is 9.59 Å². The van der Waals surface area contributed by atoms with E-state index in [1.165, 1.54) is 4.68 Å². The number of rotatable bonds is 4. The van der Waals surface area contributed by atoms with Crippen LogP contribution < -0.4 is 10.6 Å². The van der Waals surface area contributed by atoms with Gasteiger partial charge in [-0.1, -0.05) is 36.4 Å². The molecule has 6 nitrogen and oxygen atoms in total. The molecule has 0 aliphatic heterocycles. The van der Waals surface area contributed by atoms with Crippen LogP contribution in [-0.2, 0) is 7.05 Å². The van der Waals surface area contributed by atoms with E-state index < -0.39 is 0 Å². The minimum atomic E-state index is -0.336. The van der Waals surface area contributed by atoms with Crippen molar-refractivity contribution in [3.8, 4) is 0 Å². The molecule has 0 atom stereocenters. The van der Waals surface area contributed by atoms with Crippen molar-refractivity contribution in [3.63, 3.8) is 0 Å². The molecular weight excluding hydrogens is 304 g/mol. The van der Waals surface area contributed by atoms with Crippen LogP contribution in [0.2, 0.25) is 0 Å². The molecule has 6 heteroatoms. The molecular formula is C18H16N4O2. The highest BCUT2D eigenvalue weighted by Crippen LogP contribution is 2.13. The summed E-state index contributed by atoms with van der Waals surface area (Å²) in [6.07, 6.45) is 0. The van der Waals surface area contributed by atoms with Gasteiger partial charge >= 0.3 is 0 Å². The first kappa shape index (κ1) is 15.5. The summed E-state index contributed by atoms with van der Waals surface area (Å²) in [4.78, 5) is 24.4. The SMILES string of the molecule is Cn1nc(C(=O)Nc2ccccc2)cc1NC(=O)c1ccccc1. The number of para-hydroxylation sites is 1. The van der Waals surface area contributed by atoms with Crippen LogP contribution in [-0.4, -0.2) is 21.6 Å².